The van der Waals surface area contributed by atoms with E-state index >= 15 is 0 Å². The quantitative estimate of drug-likeness (QED) is 0.908. The lowest BCUT2D eigenvalue weighted by molar-refractivity contribution is -0.142. The zero-order chi connectivity index (χ0) is 16.2. The van der Waals surface area contributed by atoms with E-state index in [9.17, 15) is 4.79 Å². The Hall–Kier alpha value is -1.82. The third-order valence-electron chi connectivity index (χ3n) is 3.80. The van der Waals surface area contributed by atoms with Gasteiger partial charge in [0.15, 0.2) is 0 Å². The van der Waals surface area contributed by atoms with Crippen molar-refractivity contribution >= 4 is 17.6 Å². The number of hydrogen-bond acceptors (Lipinski definition) is 4. The van der Waals surface area contributed by atoms with E-state index in [1.165, 1.54) is 0 Å². The smallest absolute Gasteiger partial charge is 0.306 e. The molecule has 23 heavy (non-hydrogen) atoms. The van der Waals surface area contributed by atoms with E-state index in [2.05, 4.69) is 4.90 Å². The van der Waals surface area contributed by atoms with Gasteiger partial charge >= 0.3 is 5.97 Å². The van der Waals surface area contributed by atoms with Gasteiger partial charge < -0.3 is 14.3 Å². The minimum atomic E-state index is -0.833. The Bertz CT molecular complexity index is 667. The highest BCUT2D eigenvalue weighted by molar-refractivity contribution is 6.30. The summed E-state index contributed by atoms with van der Waals surface area (Å²) in [6, 6.07) is 11.4. The lowest BCUT2D eigenvalue weighted by atomic mass is 10.2. The van der Waals surface area contributed by atoms with Crippen LogP contribution in [0.1, 0.15) is 12.2 Å². The van der Waals surface area contributed by atoms with Crippen molar-refractivity contribution in [3.63, 3.8) is 0 Å². The van der Waals surface area contributed by atoms with E-state index in [1.54, 1.807) is 0 Å². The number of nitrogens with zero attached hydrogens (tertiary/aromatic N) is 1. The van der Waals surface area contributed by atoms with Gasteiger partial charge in [-0.05, 0) is 36.4 Å². The van der Waals surface area contributed by atoms with Gasteiger partial charge in [-0.1, -0.05) is 11.6 Å². The molecule has 1 aromatic carbocycles. The van der Waals surface area contributed by atoms with Crippen LogP contribution in [-0.4, -0.2) is 41.8 Å². The number of carbonyl (C=O) groups is 1. The largest absolute Gasteiger partial charge is 0.481 e. The van der Waals surface area contributed by atoms with E-state index in [4.69, 9.17) is 25.9 Å². The fourth-order valence-electron chi connectivity index (χ4n) is 2.69. The SMILES string of the molecule is O=C(O)CC1CN(Cc2ccc(-c3ccc(Cl)cc3)o2)CCO1. The molecule has 0 radical (unpaired) electrons. The lowest BCUT2D eigenvalue weighted by Crippen LogP contribution is -2.42. The third kappa shape index (κ3) is 4.34. The first-order chi connectivity index (χ1) is 11.1. The van der Waals surface area contributed by atoms with Crippen molar-refractivity contribution in [2.24, 2.45) is 0 Å². The fraction of sp³-hybridized carbons (Fsp3) is 0.353. The maximum Gasteiger partial charge on any atom is 0.306 e. The molecule has 1 fully saturated rings. The van der Waals surface area contributed by atoms with Gasteiger partial charge in [-0.3, -0.25) is 9.69 Å². The molecule has 1 atom stereocenters. The number of ether oxygens (including phenoxy) is 1. The fourth-order valence-corrected chi connectivity index (χ4v) is 2.82. The zero-order valence-corrected chi connectivity index (χ0v) is 13.3. The molecule has 6 heteroatoms. The molecule has 1 aliphatic rings. The van der Waals surface area contributed by atoms with Crippen LogP contribution in [0.4, 0.5) is 0 Å². The summed E-state index contributed by atoms with van der Waals surface area (Å²) in [5.41, 5.74) is 0.978. The molecule has 0 amide bonds. The summed E-state index contributed by atoms with van der Waals surface area (Å²) in [6.45, 7) is 2.56. The summed E-state index contributed by atoms with van der Waals surface area (Å²) in [6.07, 6.45) is -0.225. The number of rotatable bonds is 5. The number of furan rings is 1. The highest BCUT2D eigenvalue weighted by Crippen LogP contribution is 2.24. The number of carboxylic acid groups (broad SMARTS) is 1. The number of morpholine rings is 1. The van der Waals surface area contributed by atoms with Crippen LogP contribution in [0.3, 0.4) is 0 Å². The predicted molar refractivity (Wildman–Crippen MR) is 86.4 cm³/mol. The van der Waals surface area contributed by atoms with Crippen molar-refractivity contribution in [3.8, 4) is 11.3 Å². The first-order valence-electron chi connectivity index (χ1n) is 7.50. The molecule has 0 spiro atoms. The molecule has 5 nitrogen and oxygen atoms in total. The minimum absolute atomic E-state index is 0.0324. The van der Waals surface area contributed by atoms with Crippen LogP contribution in [0.2, 0.25) is 5.02 Å². The Morgan fingerprint density at radius 1 is 1.26 bits per heavy atom. The number of hydrogen-bond donors (Lipinski definition) is 1. The predicted octanol–water partition coefficient (Wildman–Crippen LogP) is 3.28. The second-order valence-corrected chi connectivity index (χ2v) is 6.04. The van der Waals surface area contributed by atoms with Gasteiger partial charge in [0, 0.05) is 23.7 Å². The maximum absolute atomic E-state index is 10.8. The Morgan fingerprint density at radius 2 is 2.04 bits per heavy atom. The Morgan fingerprint density at radius 3 is 2.78 bits per heavy atom. The van der Waals surface area contributed by atoms with Gasteiger partial charge in [-0.25, -0.2) is 0 Å². The second kappa shape index (κ2) is 7.17. The summed E-state index contributed by atoms with van der Waals surface area (Å²) in [4.78, 5) is 12.9. The van der Waals surface area contributed by atoms with Gasteiger partial charge in [0.2, 0.25) is 0 Å². The number of carboxylic acids is 1. The number of aliphatic carboxylic acids is 1. The minimum Gasteiger partial charge on any atom is -0.481 e. The summed E-state index contributed by atoms with van der Waals surface area (Å²) < 4.78 is 11.4. The normalized spacial score (nSPS) is 18.9. The Kier molecular flexibility index (Phi) is 5.00. The van der Waals surface area contributed by atoms with Crippen molar-refractivity contribution in [1.82, 2.24) is 4.90 Å². The van der Waals surface area contributed by atoms with Crippen LogP contribution in [0.25, 0.3) is 11.3 Å². The van der Waals surface area contributed by atoms with Crippen LogP contribution in [0.5, 0.6) is 0 Å². The molecule has 0 saturated carbocycles. The molecule has 1 N–H and O–H groups in total. The molecule has 0 bridgehead atoms. The first-order valence-corrected chi connectivity index (χ1v) is 7.88. The number of halogens is 1. The average molecular weight is 336 g/mol. The number of benzene rings is 1. The van der Waals surface area contributed by atoms with Gasteiger partial charge in [-0.15, -0.1) is 0 Å². The van der Waals surface area contributed by atoms with E-state index in [0.717, 1.165) is 23.6 Å². The van der Waals surface area contributed by atoms with Gasteiger partial charge in [0.05, 0.1) is 25.7 Å². The third-order valence-corrected chi connectivity index (χ3v) is 4.05. The van der Waals surface area contributed by atoms with Crippen molar-refractivity contribution in [1.29, 1.82) is 0 Å². The van der Waals surface area contributed by atoms with Gasteiger partial charge in [0.1, 0.15) is 11.5 Å². The van der Waals surface area contributed by atoms with E-state index in [-0.39, 0.29) is 12.5 Å². The molecule has 3 rings (SSSR count). The van der Waals surface area contributed by atoms with Crippen LogP contribution in [0, 0.1) is 0 Å². The van der Waals surface area contributed by atoms with Crippen molar-refractivity contribution in [3.05, 3.63) is 47.2 Å². The monoisotopic (exact) mass is 335 g/mol. The summed E-state index contributed by atoms with van der Waals surface area (Å²) in [7, 11) is 0. The molecule has 1 aliphatic heterocycles. The highest BCUT2D eigenvalue weighted by Gasteiger charge is 2.23. The molecular weight excluding hydrogens is 318 g/mol. The summed E-state index contributed by atoms with van der Waals surface area (Å²) in [5.74, 6) is 0.817. The zero-order valence-electron chi connectivity index (χ0n) is 12.6. The van der Waals surface area contributed by atoms with Crippen LogP contribution < -0.4 is 0 Å². The summed E-state index contributed by atoms with van der Waals surface area (Å²) in [5, 5.41) is 9.56. The molecule has 2 heterocycles. The molecule has 122 valence electrons. The van der Waals surface area contributed by atoms with Gasteiger partial charge in [-0.2, -0.15) is 0 Å². The van der Waals surface area contributed by atoms with E-state index in [1.807, 2.05) is 36.4 Å². The topological polar surface area (TPSA) is 62.9 Å². The Balaban J connectivity index is 1.62. The maximum atomic E-state index is 10.8. The van der Waals surface area contributed by atoms with Crippen molar-refractivity contribution in [2.45, 2.75) is 19.1 Å². The van der Waals surface area contributed by atoms with Crippen LogP contribution in [-0.2, 0) is 16.1 Å². The molecule has 1 unspecified atom stereocenters. The van der Waals surface area contributed by atoms with Gasteiger partial charge in [0.25, 0.3) is 0 Å². The molecule has 1 saturated heterocycles. The Labute approximate surface area is 139 Å². The molecular formula is C17H18ClNO4. The molecule has 0 aliphatic carbocycles. The average Bonchev–Trinajstić information content (AvgIpc) is 2.96. The highest BCUT2D eigenvalue weighted by atomic mass is 35.5. The van der Waals surface area contributed by atoms with Crippen molar-refractivity contribution in [2.75, 3.05) is 19.7 Å². The molecule has 1 aromatic heterocycles. The lowest BCUT2D eigenvalue weighted by Gasteiger charge is -2.31. The van der Waals surface area contributed by atoms with E-state index in [0.29, 0.717) is 24.7 Å². The standard InChI is InChI=1S/C17H18ClNO4/c18-13-3-1-12(2-4-13)16-6-5-14(23-16)10-19-7-8-22-15(11-19)9-17(20)21/h1-6,15H,7-11H2,(H,20,21). The van der Waals surface area contributed by atoms with E-state index < -0.39 is 5.97 Å². The van der Waals surface area contributed by atoms with Crippen molar-refractivity contribution < 1.29 is 19.1 Å². The summed E-state index contributed by atoms with van der Waals surface area (Å²) >= 11 is 5.89. The van der Waals surface area contributed by atoms with Crippen LogP contribution in [0.15, 0.2) is 40.8 Å². The second-order valence-electron chi connectivity index (χ2n) is 5.60. The first kappa shape index (κ1) is 16.1. The molecule has 2 aromatic rings. The van der Waals surface area contributed by atoms with Crippen LogP contribution >= 0.6 is 11.6 Å².